The summed E-state index contributed by atoms with van der Waals surface area (Å²) in [6.45, 7) is 7.31. The van der Waals surface area contributed by atoms with E-state index in [0.717, 1.165) is 49.4 Å². The van der Waals surface area contributed by atoms with Crippen molar-refractivity contribution in [3.8, 4) is 11.5 Å². The van der Waals surface area contributed by atoms with Crippen LogP contribution in [0.4, 0.5) is 5.69 Å². The molecule has 3 aliphatic rings. The molecule has 3 N–H and O–H groups in total. The summed E-state index contributed by atoms with van der Waals surface area (Å²) < 4.78 is 0. The first-order chi connectivity index (χ1) is 17.9. The Bertz CT molecular complexity index is 1130. The Morgan fingerprint density at radius 1 is 0.973 bits per heavy atom. The minimum atomic E-state index is -0.378. The van der Waals surface area contributed by atoms with Crippen LogP contribution in [0, 0.1) is 0 Å². The van der Waals surface area contributed by atoms with Gasteiger partial charge in [0.2, 0.25) is 5.91 Å². The lowest BCUT2D eigenvalue weighted by molar-refractivity contribution is -0.123. The first-order valence-electron chi connectivity index (χ1n) is 14.1. The van der Waals surface area contributed by atoms with Gasteiger partial charge in [-0.25, -0.2) is 0 Å². The number of carbonyl (C=O) groups is 1. The number of anilines is 1. The minimum Gasteiger partial charge on any atom is -0.508 e. The number of hydrogen-bond donors (Lipinski definition) is 3. The maximum absolute atomic E-state index is 13.6. The van der Waals surface area contributed by atoms with Crippen molar-refractivity contribution in [1.29, 1.82) is 0 Å². The van der Waals surface area contributed by atoms with Gasteiger partial charge in [-0.2, -0.15) is 0 Å². The summed E-state index contributed by atoms with van der Waals surface area (Å²) in [5.74, 6) is 0.267. The third kappa shape index (κ3) is 5.64. The van der Waals surface area contributed by atoms with Crippen molar-refractivity contribution >= 4 is 17.3 Å². The number of nitrogens with one attached hydrogen (secondary N) is 1. The molecule has 2 fully saturated rings. The molecule has 1 saturated carbocycles. The van der Waals surface area contributed by atoms with E-state index in [1.807, 2.05) is 19.9 Å². The van der Waals surface area contributed by atoms with Gasteiger partial charge in [0, 0.05) is 35.6 Å². The summed E-state index contributed by atoms with van der Waals surface area (Å²) in [5, 5.41) is 24.6. The fourth-order valence-corrected chi connectivity index (χ4v) is 6.14. The van der Waals surface area contributed by atoms with E-state index < -0.39 is 0 Å². The van der Waals surface area contributed by atoms with E-state index in [-0.39, 0.29) is 35.4 Å². The van der Waals surface area contributed by atoms with Crippen LogP contribution in [0.25, 0.3) is 5.70 Å². The third-order valence-corrected chi connectivity index (χ3v) is 8.22. The van der Waals surface area contributed by atoms with Gasteiger partial charge in [0.15, 0.2) is 0 Å². The van der Waals surface area contributed by atoms with Crippen molar-refractivity contribution in [2.24, 2.45) is 0 Å². The smallest absolute Gasteiger partial charge is 0.243 e. The Labute approximate surface area is 221 Å². The van der Waals surface area contributed by atoms with Crippen LogP contribution in [0.1, 0.15) is 87.8 Å². The SMILES string of the molecule is CC(C)c1cc(C2=CCC(C(=O)NC3CCCCC3)N2c2ccc(CN3CCCC3)cc2)c(O)cc1O. The van der Waals surface area contributed by atoms with Gasteiger partial charge >= 0.3 is 0 Å². The van der Waals surface area contributed by atoms with Crippen molar-refractivity contribution < 1.29 is 15.0 Å². The molecule has 2 aromatic carbocycles. The molecule has 0 aromatic heterocycles. The number of likely N-dealkylation sites (tertiary alicyclic amines) is 1. The average Bonchev–Trinajstić information content (AvgIpc) is 3.55. The molecular formula is C31H41N3O3. The first-order valence-corrected chi connectivity index (χ1v) is 14.1. The fraction of sp³-hybridized carbons (Fsp3) is 0.516. The predicted octanol–water partition coefficient (Wildman–Crippen LogP) is 5.89. The molecule has 1 aliphatic carbocycles. The van der Waals surface area contributed by atoms with Gasteiger partial charge < -0.3 is 20.4 Å². The second kappa shape index (κ2) is 11.2. The van der Waals surface area contributed by atoms with Gasteiger partial charge in [0.1, 0.15) is 17.5 Å². The Balaban J connectivity index is 1.45. The molecule has 37 heavy (non-hydrogen) atoms. The second-order valence-corrected chi connectivity index (χ2v) is 11.3. The van der Waals surface area contributed by atoms with Crippen molar-refractivity contribution in [2.75, 3.05) is 18.0 Å². The summed E-state index contributed by atoms with van der Waals surface area (Å²) in [4.78, 5) is 18.2. The number of hydrogen-bond acceptors (Lipinski definition) is 5. The molecule has 1 unspecified atom stereocenters. The highest BCUT2D eigenvalue weighted by Crippen LogP contribution is 2.42. The van der Waals surface area contributed by atoms with Crippen LogP contribution < -0.4 is 10.2 Å². The number of phenolic OH excluding ortho intramolecular Hbond substituents is 2. The molecule has 1 amide bonds. The van der Waals surface area contributed by atoms with E-state index in [1.165, 1.54) is 43.7 Å². The number of carbonyl (C=O) groups excluding carboxylic acids is 1. The molecule has 2 heterocycles. The van der Waals surface area contributed by atoms with Gasteiger partial charge in [0.25, 0.3) is 0 Å². The summed E-state index contributed by atoms with van der Waals surface area (Å²) in [7, 11) is 0. The van der Waals surface area contributed by atoms with Gasteiger partial charge in [-0.1, -0.05) is 51.3 Å². The average molecular weight is 504 g/mol. The highest BCUT2D eigenvalue weighted by atomic mass is 16.3. The monoisotopic (exact) mass is 503 g/mol. The summed E-state index contributed by atoms with van der Waals surface area (Å²) in [6.07, 6.45) is 10.8. The van der Waals surface area contributed by atoms with Crippen LogP contribution in [0.2, 0.25) is 0 Å². The molecule has 2 aromatic rings. The van der Waals surface area contributed by atoms with E-state index in [1.54, 1.807) is 0 Å². The van der Waals surface area contributed by atoms with Crippen molar-refractivity contribution in [3.63, 3.8) is 0 Å². The van der Waals surface area contributed by atoms with E-state index in [2.05, 4.69) is 45.5 Å². The largest absolute Gasteiger partial charge is 0.508 e. The zero-order valence-corrected chi connectivity index (χ0v) is 22.2. The summed E-state index contributed by atoms with van der Waals surface area (Å²) in [6, 6.07) is 11.7. The molecule has 0 bridgehead atoms. The van der Waals surface area contributed by atoms with Crippen LogP contribution >= 0.6 is 0 Å². The fourth-order valence-electron chi connectivity index (χ4n) is 6.14. The maximum atomic E-state index is 13.6. The van der Waals surface area contributed by atoms with Crippen molar-refractivity contribution in [2.45, 2.75) is 89.8 Å². The molecular weight excluding hydrogens is 462 g/mol. The Kier molecular flexibility index (Phi) is 7.75. The zero-order chi connectivity index (χ0) is 25.9. The molecule has 6 heteroatoms. The third-order valence-electron chi connectivity index (χ3n) is 8.22. The molecule has 1 atom stereocenters. The number of nitrogens with zero attached hydrogens (tertiary/aromatic N) is 2. The molecule has 5 rings (SSSR count). The molecule has 198 valence electrons. The molecule has 1 saturated heterocycles. The minimum absolute atomic E-state index is 0.0251. The standard InChI is InChI=1S/C31H41N3O3/c1-21(2)25-18-26(30(36)19-29(25)35)27-14-15-28(31(37)32-23-8-4-3-5-9-23)34(27)24-12-10-22(11-13-24)20-33-16-6-7-17-33/h10-14,18-19,21,23,28,35-36H,3-9,15-17,20H2,1-2H3,(H,32,37). The molecule has 6 nitrogen and oxygen atoms in total. The van der Waals surface area contributed by atoms with Crippen LogP contribution in [0.5, 0.6) is 11.5 Å². The van der Waals surface area contributed by atoms with Crippen molar-refractivity contribution in [1.82, 2.24) is 10.2 Å². The highest BCUT2D eigenvalue weighted by molar-refractivity contribution is 5.96. The Hall–Kier alpha value is -2.99. The lowest BCUT2D eigenvalue weighted by Gasteiger charge is -2.32. The van der Waals surface area contributed by atoms with E-state index in [4.69, 9.17) is 0 Å². The van der Waals surface area contributed by atoms with Gasteiger partial charge in [0.05, 0.1) is 0 Å². The van der Waals surface area contributed by atoms with Crippen LogP contribution in [-0.4, -0.2) is 46.2 Å². The first kappa shape index (κ1) is 25.7. The number of rotatable bonds is 7. The number of phenols is 2. The van der Waals surface area contributed by atoms with E-state index >= 15 is 0 Å². The maximum Gasteiger partial charge on any atom is 0.243 e. The van der Waals surface area contributed by atoms with Crippen LogP contribution in [0.15, 0.2) is 42.5 Å². The zero-order valence-electron chi connectivity index (χ0n) is 22.2. The second-order valence-electron chi connectivity index (χ2n) is 11.3. The van der Waals surface area contributed by atoms with Gasteiger partial charge in [-0.15, -0.1) is 0 Å². The Morgan fingerprint density at radius 3 is 2.35 bits per heavy atom. The molecule has 0 spiro atoms. The molecule has 2 aliphatic heterocycles. The highest BCUT2D eigenvalue weighted by Gasteiger charge is 2.36. The summed E-state index contributed by atoms with van der Waals surface area (Å²) >= 11 is 0. The predicted molar refractivity (Wildman–Crippen MR) is 149 cm³/mol. The van der Waals surface area contributed by atoms with E-state index in [9.17, 15) is 15.0 Å². The number of aromatic hydroxyl groups is 2. The Morgan fingerprint density at radius 2 is 1.68 bits per heavy atom. The van der Waals surface area contributed by atoms with Crippen LogP contribution in [0.3, 0.4) is 0 Å². The van der Waals surface area contributed by atoms with E-state index in [0.29, 0.717) is 12.0 Å². The molecule has 0 radical (unpaired) electrons. The topological polar surface area (TPSA) is 76.0 Å². The van der Waals surface area contributed by atoms with Gasteiger partial charge in [-0.3, -0.25) is 9.69 Å². The lowest BCUT2D eigenvalue weighted by Crippen LogP contribution is -2.47. The number of amides is 1. The normalized spacial score (nSPS) is 21.0. The van der Waals surface area contributed by atoms with Gasteiger partial charge in [-0.05, 0) is 80.4 Å². The quantitative estimate of drug-likeness (QED) is 0.440. The van der Waals surface area contributed by atoms with Crippen LogP contribution in [-0.2, 0) is 11.3 Å². The summed E-state index contributed by atoms with van der Waals surface area (Å²) in [5.41, 5.74) is 4.46. The van der Waals surface area contributed by atoms with Crippen molar-refractivity contribution in [3.05, 3.63) is 59.2 Å². The lowest BCUT2D eigenvalue weighted by atomic mass is 9.95. The number of benzene rings is 2.